The standard InChI is InChI=1S/C44H28N4O/c1-5-20-34-25(11-1)28-14-7-15-29-27-13-9-21-35-39(27)40-36(47(34)42(28)29)22-10-23-37(40)48(35)44-41(45-32-18-3-4-19-33(32)46-44)31-17-8-16-30-26-12-2-6-24-38(26)49-43(30)31/h1-24,41,44-46H. The molecule has 4 aromatic heterocycles. The molecular weight excluding hydrogens is 601 g/mol. The zero-order valence-electron chi connectivity index (χ0n) is 26.3. The first-order chi connectivity index (χ1) is 24.3. The summed E-state index contributed by atoms with van der Waals surface area (Å²) in [4.78, 5) is 0. The molecule has 0 saturated heterocycles. The van der Waals surface area contributed by atoms with Gasteiger partial charge in [-0.2, -0.15) is 0 Å². The van der Waals surface area contributed by atoms with E-state index in [1.165, 1.54) is 59.9 Å². The summed E-state index contributed by atoms with van der Waals surface area (Å²) in [6, 6.07) is 52.5. The fourth-order valence-electron chi connectivity index (χ4n) is 9.01. The molecule has 5 heteroatoms. The molecular formula is C44H28N4O. The van der Waals surface area contributed by atoms with E-state index in [1.807, 2.05) is 6.07 Å². The number of nitrogens with one attached hydrogen (secondary N) is 2. The second kappa shape index (κ2) is 9.12. The molecule has 0 amide bonds. The predicted molar refractivity (Wildman–Crippen MR) is 203 cm³/mol. The van der Waals surface area contributed by atoms with Crippen LogP contribution in [0.2, 0.25) is 0 Å². The van der Waals surface area contributed by atoms with Crippen LogP contribution in [0, 0.1) is 0 Å². The molecule has 0 fully saturated rings. The van der Waals surface area contributed by atoms with Crippen LogP contribution < -0.4 is 10.6 Å². The lowest BCUT2D eigenvalue weighted by molar-refractivity contribution is 0.503. The van der Waals surface area contributed by atoms with Crippen molar-refractivity contribution in [2.24, 2.45) is 0 Å². The highest BCUT2D eigenvalue weighted by atomic mass is 16.3. The Morgan fingerprint density at radius 3 is 1.94 bits per heavy atom. The molecule has 0 radical (unpaired) electrons. The molecule has 1 aliphatic heterocycles. The normalized spacial score (nSPS) is 16.5. The zero-order chi connectivity index (χ0) is 31.8. The van der Waals surface area contributed by atoms with Gasteiger partial charge in [-0.05, 0) is 47.9 Å². The second-order valence-electron chi connectivity index (χ2n) is 13.4. The third-order valence-electron chi connectivity index (χ3n) is 11.0. The van der Waals surface area contributed by atoms with Crippen LogP contribution in [0.1, 0.15) is 17.8 Å². The van der Waals surface area contributed by atoms with Crippen molar-refractivity contribution in [1.82, 2.24) is 8.97 Å². The van der Waals surface area contributed by atoms with Crippen molar-refractivity contribution >= 4 is 93.2 Å². The van der Waals surface area contributed by atoms with Crippen molar-refractivity contribution in [3.05, 3.63) is 151 Å². The van der Waals surface area contributed by atoms with E-state index in [9.17, 15) is 0 Å². The maximum absolute atomic E-state index is 6.65. The number of benzene rings is 7. The molecule has 5 nitrogen and oxygen atoms in total. The molecule has 5 heterocycles. The maximum atomic E-state index is 6.65. The van der Waals surface area contributed by atoms with E-state index in [0.29, 0.717) is 0 Å². The number of furan rings is 1. The monoisotopic (exact) mass is 628 g/mol. The third-order valence-corrected chi connectivity index (χ3v) is 11.0. The molecule has 2 atom stereocenters. The van der Waals surface area contributed by atoms with Crippen molar-refractivity contribution in [3.63, 3.8) is 0 Å². The van der Waals surface area contributed by atoms with Crippen LogP contribution >= 0.6 is 0 Å². The number of para-hydroxylation sites is 6. The highest BCUT2D eigenvalue weighted by Gasteiger charge is 2.35. The number of hydrogen-bond donors (Lipinski definition) is 2. The summed E-state index contributed by atoms with van der Waals surface area (Å²) in [6.45, 7) is 0. The van der Waals surface area contributed by atoms with Crippen molar-refractivity contribution in [2.45, 2.75) is 12.2 Å². The Labute approximate surface area is 279 Å². The van der Waals surface area contributed by atoms with Crippen LogP contribution in [0.25, 0.3) is 81.8 Å². The molecule has 11 aromatic rings. The first kappa shape index (κ1) is 25.6. The Morgan fingerprint density at radius 2 is 1.04 bits per heavy atom. The van der Waals surface area contributed by atoms with Gasteiger partial charge >= 0.3 is 0 Å². The first-order valence-electron chi connectivity index (χ1n) is 16.9. The number of rotatable bonds is 2. The highest BCUT2D eigenvalue weighted by molar-refractivity contribution is 6.31. The number of aromatic nitrogens is 2. The molecule has 7 aromatic carbocycles. The second-order valence-corrected chi connectivity index (χ2v) is 13.4. The fraction of sp³-hybridized carbons (Fsp3) is 0.0455. The minimum absolute atomic E-state index is 0.139. The summed E-state index contributed by atoms with van der Waals surface area (Å²) in [6.07, 6.45) is -0.171. The maximum Gasteiger partial charge on any atom is 0.140 e. The first-order valence-corrected chi connectivity index (χ1v) is 16.9. The van der Waals surface area contributed by atoms with Gasteiger partial charge in [-0.15, -0.1) is 0 Å². The van der Waals surface area contributed by atoms with Crippen molar-refractivity contribution in [1.29, 1.82) is 0 Å². The van der Waals surface area contributed by atoms with Crippen molar-refractivity contribution in [3.8, 4) is 0 Å². The van der Waals surface area contributed by atoms with Gasteiger partial charge in [-0.25, -0.2) is 0 Å². The summed E-state index contributed by atoms with van der Waals surface area (Å²) < 4.78 is 11.7. The van der Waals surface area contributed by atoms with Crippen LogP contribution in [0.3, 0.4) is 0 Å². The van der Waals surface area contributed by atoms with E-state index >= 15 is 0 Å². The Hall–Kier alpha value is -6.46. The molecule has 0 spiro atoms. The fourth-order valence-corrected chi connectivity index (χ4v) is 9.01. The molecule has 1 aliphatic rings. The van der Waals surface area contributed by atoms with E-state index in [1.54, 1.807) is 0 Å². The minimum atomic E-state index is -0.171. The smallest absolute Gasteiger partial charge is 0.140 e. The van der Waals surface area contributed by atoms with E-state index in [-0.39, 0.29) is 12.2 Å². The molecule has 2 N–H and O–H groups in total. The van der Waals surface area contributed by atoms with Crippen molar-refractivity contribution in [2.75, 3.05) is 10.6 Å². The van der Waals surface area contributed by atoms with E-state index in [0.717, 1.165) is 38.9 Å². The van der Waals surface area contributed by atoms with Gasteiger partial charge in [0.2, 0.25) is 0 Å². The molecule has 0 aliphatic carbocycles. The predicted octanol–water partition coefficient (Wildman–Crippen LogP) is 11.6. The van der Waals surface area contributed by atoms with Crippen molar-refractivity contribution < 1.29 is 4.42 Å². The summed E-state index contributed by atoms with van der Waals surface area (Å²) >= 11 is 0. The lowest BCUT2D eigenvalue weighted by Gasteiger charge is -2.38. The van der Waals surface area contributed by atoms with Crippen LogP contribution in [0.4, 0.5) is 11.4 Å². The van der Waals surface area contributed by atoms with E-state index in [4.69, 9.17) is 4.42 Å². The molecule has 49 heavy (non-hydrogen) atoms. The number of fused-ring (bicyclic) bond motifs is 9. The molecule has 0 bridgehead atoms. The summed E-state index contributed by atoms with van der Waals surface area (Å²) in [7, 11) is 0. The zero-order valence-corrected chi connectivity index (χ0v) is 26.3. The Bertz CT molecular complexity index is 3140. The Morgan fingerprint density at radius 1 is 0.449 bits per heavy atom. The highest BCUT2D eigenvalue weighted by Crippen LogP contribution is 2.49. The van der Waals surface area contributed by atoms with E-state index in [2.05, 4.69) is 159 Å². The summed E-state index contributed by atoms with van der Waals surface area (Å²) in [5.41, 5.74) is 11.2. The molecule has 12 rings (SSSR count). The molecule has 2 unspecified atom stereocenters. The Balaban J connectivity index is 1.23. The van der Waals surface area contributed by atoms with Crippen LogP contribution in [0.15, 0.2) is 150 Å². The Kier molecular flexibility index (Phi) is 4.76. The van der Waals surface area contributed by atoms with Gasteiger partial charge in [0, 0.05) is 43.3 Å². The van der Waals surface area contributed by atoms with Gasteiger partial charge in [0.25, 0.3) is 0 Å². The molecule has 230 valence electrons. The molecule has 0 saturated carbocycles. The topological polar surface area (TPSA) is 46.5 Å². The number of nitrogens with zero attached hydrogens (tertiary/aromatic N) is 2. The van der Waals surface area contributed by atoms with E-state index < -0.39 is 0 Å². The average molecular weight is 629 g/mol. The van der Waals surface area contributed by atoms with Crippen LogP contribution in [-0.4, -0.2) is 8.97 Å². The number of anilines is 2. The van der Waals surface area contributed by atoms with Gasteiger partial charge in [-0.3, -0.25) is 0 Å². The largest absolute Gasteiger partial charge is 0.456 e. The van der Waals surface area contributed by atoms with Gasteiger partial charge in [0.15, 0.2) is 0 Å². The lowest BCUT2D eigenvalue weighted by atomic mass is 9.97. The van der Waals surface area contributed by atoms with Gasteiger partial charge < -0.3 is 24.0 Å². The average Bonchev–Trinajstić information content (AvgIpc) is 3.79. The van der Waals surface area contributed by atoms with Gasteiger partial charge in [-0.1, -0.05) is 103 Å². The van der Waals surface area contributed by atoms with Crippen LogP contribution in [-0.2, 0) is 0 Å². The lowest BCUT2D eigenvalue weighted by Crippen LogP contribution is -2.34. The quantitative estimate of drug-likeness (QED) is 0.200. The third kappa shape index (κ3) is 3.20. The summed E-state index contributed by atoms with van der Waals surface area (Å²) in [5.74, 6) is 0. The number of hydrogen-bond acceptors (Lipinski definition) is 3. The minimum Gasteiger partial charge on any atom is -0.456 e. The van der Waals surface area contributed by atoms with Gasteiger partial charge in [0.1, 0.15) is 17.3 Å². The van der Waals surface area contributed by atoms with Gasteiger partial charge in [0.05, 0.1) is 45.0 Å². The summed E-state index contributed by atoms with van der Waals surface area (Å²) in [5, 5.41) is 17.9. The SMILES string of the molecule is c1ccc2c(c1)NC(c1cccc3c1oc1ccccc13)C(n1c3cccc4c5cccc6c7ccccc7n(c7cccc1c7c43)c56)N2. The van der Waals surface area contributed by atoms with Crippen LogP contribution in [0.5, 0.6) is 0 Å².